The predicted octanol–water partition coefficient (Wildman–Crippen LogP) is 3.92. The highest BCUT2D eigenvalue weighted by molar-refractivity contribution is 5.95. The van der Waals surface area contributed by atoms with E-state index in [0.717, 1.165) is 28.1 Å². The van der Waals surface area contributed by atoms with E-state index in [0.29, 0.717) is 29.6 Å². The SMILES string of the molecule is CCOc1c(OC)cccc1C1CC(=O)Nc2c1c(C)nn2-c1nncc(-c2ccc(OC)cc2)n1. The van der Waals surface area contributed by atoms with Gasteiger partial charge in [-0.05, 0) is 44.2 Å². The van der Waals surface area contributed by atoms with Crippen LogP contribution in [0.1, 0.15) is 36.1 Å². The fraction of sp³-hybridized carbons (Fsp3) is 0.269. The van der Waals surface area contributed by atoms with E-state index in [2.05, 4.69) is 20.5 Å². The molecule has 184 valence electrons. The van der Waals surface area contributed by atoms with Gasteiger partial charge in [0.2, 0.25) is 5.91 Å². The largest absolute Gasteiger partial charge is 0.497 e. The molecule has 5 rings (SSSR count). The van der Waals surface area contributed by atoms with Crippen LogP contribution in [0.5, 0.6) is 17.2 Å². The zero-order valence-corrected chi connectivity index (χ0v) is 20.5. The maximum atomic E-state index is 12.9. The van der Waals surface area contributed by atoms with Crippen LogP contribution in [0.2, 0.25) is 0 Å². The molecule has 0 saturated heterocycles. The topological polar surface area (TPSA) is 113 Å². The van der Waals surface area contributed by atoms with Crippen molar-refractivity contribution in [2.45, 2.75) is 26.2 Å². The van der Waals surface area contributed by atoms with Crippen molar-refractivity contribution in [2.24, 2.45) is 0 Å². The third kappa shape index (κ3) is 4.10. The number of aromatic nitrogens is 5. The lowest BCUT2D eigenvalue weighted by Gasteiger charge is -2.26. The molecule has 4 aromatic rings. The van der Waals surface area contributed by atoms with Gasteiger partial charge in [-0.25, -0.2) is 4.98 Å². The lowest BCUT2D eigenvalue weighted by molar-refractivity contribution is -0.116. The molecule has 10 nitrogen and oxygen atoms in total. The average molecular weight is 487 g/mol. The molecular weight excluding hydrogens is 460 g/mol. The molecule has 1 atom stereocenters. The van der Waals surface area contributed by atoms with Crippen LogP contribution < -0.4 is 19.5 Å². The van der Waals surface area contributed by atoms with E-state index in [1.165, 1.54) is 4.68 Å². The maximum absolute atomic E-state index is 12.9. The van der Waals surface area contributed by atoms with Crippen LogP contribution in [0.3, 0.4) is 0 Å². The Morgan fingerprint density at radius 1 is 1.11 bits per heavy atom. The Kier molecular flexibility index (Phi) is 6.24. The summed E-state index contributed by atoms with van der Waals surface area (Å²) >= 11 is 0. The molecule has 1 aliphatic heterocycles. The number of aryl methyl sites for hydroxylation is 1. The molecule has 0 radical (unpaired) electrons. The molecule has 2 aromatic heterocycles. The Balaban J connectivity index is 1.60. The maximum Gasteiger partial charge on any atom is 0.272 e. The zero-order valence-electron chi connectivity index (χ0n) is 20.5. The summed E-state index contributed by atoms with van der Waals surface area (Å²) in [5.74, 6) is 2.34. The summed E-state index contributed by atoms with van der Waals surface area (Å²) < 4.78 is 18.3. The summed E-state index contributed by atoms with van der Waals surface area (Å²) in [6.07, 6.45) is 1.83. The highest BCUT2D eigenvalue weighted by Gasteiger charge is 2.35. The number of rotatable bonds is 7. The van der Waals surface area contributed by atoms with E-state index in [1.807, 2.05) is 56.3 Å². The Morgan fingerprint density at radius 3 is 2.64 bits per heavy atom. The van der Waals surface area contributed by atoms with E-state index in [9.17, 15) is 4.79 Å². The molecule has 1 aliphatic rings. The van der Waals surface area contributed by atoms with Gasteiger partial charge < -0.3 is 19.5 Å². The minimum absolute atomic E-state index is 0.141. The number of fused-ring (bicyclic) bond motifs is 1. The third-order valence-corrected chi connectivity index (χ3v) is 6.12. The third-order valence-electron chi connectivity index (χ3n) is 6.12. The molecule has 1 unspecified atom stereocenters. The van der Waals surface area contributed by atoms with Crippen LogP contribution in [0.25, 0.3) is 17.2 Å². The number of amides is 1. The second kappa shape index (κ2) is 9.65. The minimum Gasteiger partial charge on any atom is -0.497 e. The number of anilines is 1. The number of hydrogen-bond donors (Lipinski definition) is 1. The number of ether oxygens (including phenoxy) is 3. The normalized spacial score (nSPS) is 14.7. The van der Waals surface area contributed by atoms with Gasteiger partial charge >= 0.3 is 0 Å². The number of nitrogens with zero attached hydrogens (tertiary/aromatic N) is 5. The van der Waals surface area contributed by atoms with E-state index in [4.69, 9.17) is 19.3 Å². The monoisotopic (exact) mass is 486 g/mol. The number of nitrogens with one attached hydrogen (secondary N) is 1. The highest BCUT2D eigenvalue weighted by Crippen LogP contribution is 2.45. The summed E-state index contributed by atoms with van der Waals surface area (Å²) in [6, 6.07) is 13.2. The molecule has 0 bridgehead atoms. The first-order valence-corrected chi connectivity index (χ1v) is 11.6. The molecule has 2 aromatic carbocycles. The van der Waals surface area contributed by atoms with Gasteiger partial charge in [0.25, 0.3) is 5.95 Å². The average Bonchev–Trinajstić information content (AvgIpc) is 3.24. The van der Waals surface area contributed by atoms with Crippen LogP contribution in [0, 0.1) is 6.92 Å². The predicted molar refractivity (Wildman–Crippen MR) is 133 cm³/mol. The van der Waals surface area contributed by atoms with Crippen LogP contribution in [-0.2, 0) is 4.79 Å². The van der Waals surface area contributed by atoms with Gasteiger partial charge in [0.05, 0.1) is 38.4 Å². The number of hydrogen-bond acceptors (Lipinski definition) is 8. The first kappa shape index (κ1) is 23.3. The van der Waals surface area contributed by atoms with E-state index >= 15 is 0 Å². The molecule has 10 heteroatoms. The summed E-state index contributed by atoms with van der Waals surface area (Å²) in [4.78, 5) is 17.6. The highest BCUT2D eigenvalue weighted by atomic mass is 16.5. The Labute approximate surface area is 208 Å². The Hall–Kier alpha value is -4.47. The van der Waals surface area contributed by atoms with Gasteiger partial charge in [-0.2, -0.15) is 14.9 Å². The van der Waals surface area contributed by atoms with Crippen molar-refractivity contribution < 1.29 is 19.0 Å². The van der Waals surface area contributed by atoms with Crippen LogP contribution >= 0.6 is 0 Å². The molecule has 0 spiro atoms. The number of benzene rings is 2. The fourth-order valence-corrected chi connectivity index (χ4v) is 4.51. The van der Waals surface area contributed by atoms with Crippen molar-refractivity contribution in [3.05, 3.63) is 65.5 Å². The molecule has 1 N–H and O–H groups in total. The quantitative estimate of drug-likeness (QED) is 0.418. The summed E-state index contributed by atoms with van der Waals surface area (Å²) in [6.45, 7) is 4.29. The van der Waals surface area contributed by atoms with Gasteiger partial charge in [-0.3, -0.25) is 4.79 Å². The second-order valence-electron chi connectivity index (χ2n) is 8.25. The molecule has 0 fully saturated rings. The van der Waals surface area contributed by atoms with Crippen molar-refractivity contribution in [1.29, 1.82) is 0 Å². The van der Waals surface area contributed by atoms with Crippen molar-refractivity contribution in [3.8, 4) is 34.5 Å². The van der Waals surface area contributed by atoms with Crippen LogP contribution in [0.4, 0.5) is 5.82 Å². The molecule has 3 heterocycles. The summed E-state index contributed by atoms with van der Waals surface area (Å²) in [7, 11) is 3.22. The fourth-order valence-electron chi connectivity index (χ4n) is 4.51. The van der Waals surface area contributed by atoms with Gasteiger partial charge in [0.15, 0.2) is 11.5 Å². The summed E-state index contributed by atoms with van der Waals surface area (Å²) in [5.41, 5.74) is 3.96. The first-order chi connectivity index (χ1) is 17.5. The van der Waals surface area contributed by atoms with Gasteiger partial charge in [-0.15, -0.1) is 5.10 Å². The smallest absolute Gasteiger partial charge is 0.272 e. The Bertz CT molecular complexity index is 1420. The summed E-state index contributed by atoms with van der Waals surface area (Å²) in [5, 5.41) is 16.0. The standard InChI is InChI=1S/C26H26N6O4/c1-5-36-24-18(7-6-8-21(24)35-4)19-13-22(33)29-25-23(19)15(2)31-32(25)26-28-20(14-27-30-26)16-9-11-17(34-3)12-10-16/h6-12,14,19H,5,13H2,1-4H3,(H,29,33). The van der Waals surface area contributed by atoms with Crippen molar-refractivity contribution in [2.75, 3.05) is 26.1 Å². The van der Waals surface area contributed by atoms with Crippen molar-refractivity contribution in [3.63, 3.8) is 0 Å². The lowest BCUT2D eigenvalue weighted by Crippen LogP contribution is -2.25. The van der Waals surface area contributed by atoms with Crippen LogP contribution in [0.15, 0.2) is 48.7 Å². The molecule has 1 amide bonds. The minimum atomic E-state index is -0.281. The Morgan fingerprint density at radius 2 is 1.92 bits per heavy atom. The van der Waals surface area contributed by atoms with E-state index in [-0.39, 0.29) is 24.2 Å². The van der Waals surface area contributed by atoms with Gasteiger partial charge in [0.1, 0.15) is 11.6 Å². The molecule has 0 aliphatic carbocycles. The molecule has 0 saturated carbocycles. The van der Waals surface area contributed by atoms with E-state index in [1.54, 1.807) is 20.4 Å². The number of para-hydroxylation sites is 1. The molecular formula is C26H26N6O4. The van der Waals surface area contributed by atoms with Crippen LogP contribution in [-0.4, -0.2) is 51.7 Å². The van der Waals surface area contributed by atoms with Gasteiger partial charge in [0, 0.05) is 29.0 Å². The molecule has 36 heavy (non-hydrogen) atoms. The van der Waals surface area contributed by atoms with Gasteiger partial charge in [-0.1, -0.05) is 12.1 Å². The van der Waals surface area contributed by atoms with E-state index < -0.39 is 0 Å². The zero-order chi connectivity index (χ0) is 25.2. The second-order valence-corrected chi connectivity index (χ2v) is 8.25. The van der Waals surface area contributed by atoms with Crippen molar-refractivity contribution >= 4 is 11.7 Å². The number of carbonyl (C=O) groups excluding carboxylic acids is 1. The van der Waals surface area contributed by atoms with Crippen molar-refractivity contribution in [1.82, 2.24) is 25.0 Å². The number of methoxy groups -OCH3 is 2. The number of carbonyl (C=O) groups is 1. The lowest BCUT2D eigenvalue weighted by atomic mass is 9.85. The first-order valence-electron chi connectivity index (χ1n) is 11.6.